The third-order valence-electron chi connectivity index (χ3n) is 2.91. The molecule has 2 rings (SSSR count). The van der Waals surface area contributed by atoms with Crippen molar-refractivity contribution in [3.63, 3.8) is 0 Å². The van der Waals surface area contributed by atoms with Crippen LogP contribution in [0.2, 0.25) is 0 Å². The van der Waals surface area contributed by atoms with E-state index in [0.717, 1.165) is 22.2 Å². The smallest absolute Gasteiger partial charge is 0.433 e. The van der Waals surface area contributed by atoms with Crippen LogP contribution in [0.3, 0.4) is 0 Å². The zero-order chi connectivity index (χ0) is 17.7. The Labute approximate surface area is 135 Å². The minimum absolute atomic E-state index is 0.0442. The molecule has 1 aliphatic rings. The van der Waals surface area contributed by atoms with Gasteiger partial charge in [-0.3, -0.25) is 19.7 Å². The van der Waals surface area contributed by atoms with Crippen LogP contribution >= 0.6 is 0 Å². The summed E-state index contributed by atoms with van der Waals surface area (Å²) in [5.41, 5.74) is 0. The average Bonchev–Trinajstić information content (AvgIpc) is 3.11. The second-order valence-electron chi connectivity index (χ2n) is 4.72. The van der Waals surface area contributed by atoms with Gasteiger partial charge < -0.3 is 9.15 Å². The predicted octanol–water partition coefficient (Wildman–Crippen LogP) is 0.739. The summed E-state index contributed by atoms with van der Waals surface area (Å²) in [7, 11) is 0. The minimum atomic E-state index is -0.786. The van der Waals surface area contributed by atoms with Gasteiger partial charge >= 0.3 is 17.9 Å². The molecule has 0 aromatic carbocycles. The number of esters is 1. The lowest BCUT2D eigenvalue weighted by Gasteiger charge is -2.12. The Bertz CT molecular complexity index is 696. The molecule has 1 aromatic heterocycles. The van der Waals surface area contributed by atoms with Gasteiger partial charge in [-0.05, 0) is 12.5 Å². The van der Waals surface area contributed by atoms with Crippen molar-refractivity contribution >= 4 is 30.0 Å². The monoisotopic (exact) mass is 338 g/mol. The molecular formula is C13H14N4O7. The molecule has 24 heavy (non-hydrogen) atoms. The van der Waals surface area contributed by atoms with Crippen LogP contribution in [0.15, 0.2) is 21.7 Å². The summed E-state index contributed by atoms with van der Waals surface area (Å²) in [6.07, 6.45) is 1.69. The molecule has 0 atom stereocenters. The number of urea groups is 1. The third kappa shape index (κ3) is 3.94. The van der Waals surface area contributed by atoms with Crippen molar-refractivity contribution in [1.82, 2.24) is 9.91 Å². The maximum absolute atomic E-state index is 12.0. The zero-order valence-electron chi connectivity index (χ0n) is 12.7. The third-order valence-corrected chi connectivity index (χ3v) is 2.91. The molecule has 0 unspecified atom stereocenters. The molecule has 0 radical (unpaired) electrons. The largest absolute Gasteiger partial charge is 0.464 e. The number of furan rings is 1. The normalized spacial score (nSPS) is 14.7. The Morgan fingerprint density at radius 3 is 2.88 bits per heavy atom. The van der Waals surface area contributed by atoms with E-state index in [0.29, 0.717) is 6.42 Å². The Morgan fingerprint density at radius 2 is 2.25 bits per heavy atom. The molecule has 2 heterocycles. The first-order chi connectivity index (χ1) is 11.4. The van der Waals surface area contributed by atoms with Crippen LogP contribution in [-0.4, -0.2) is 58.7 Å². The lowest BCUT2D eigenvalue weighted by Crippen LogP contribution is -2.36. The van der Waals surface area contributed by atoms with Crippen molar-refractivity contribution in [2.24, 2.45) is 5.10 Å². The first-order valence-electron chi connectivity index (χ1n) is 6.98. The van der Waals surface area contributed by atoms with Gasteiger partial charge in [-0.2, -0.15) is 5.10 Å². The Kier molecular flexibility index (Phi) is 5.24. The van der Waals surface area contributed by atoms with E-state index in [1.54, 1.807) is 0 Å². The molecule has 11 heteroatoms. The van der Waals surface area contributed by atoms with E-state index in [1.807, 2.05) is 6.92 Å². The van der Waals surface area contributed by atoms with Crippen molar-refractivity contribution in [3.05, 3.63) is 28.0 Å². The van der Waals surface area contributed by atoms with Gasteiger partial charge in [0.25, 0.3) is 5.91 Å². The molecule has 0 bridgehead atoms. The van der Waals surface area contributed by atoms with Crippen LogP contribution in [0, 0.1) is 10.1 Å². The molecule has 128 valence electrons. The van der Waals surface area contributed by atoms with Crippen molar-refractivity contribution in [2.45, 2.75) is 13.3 Å². The van der Waals surface area contributed by atoms with Crippen LogP contribution in [0.25, 0.3) is 0 Å². The maximum Gasteiger partial charge on any atom is 0.433 e. The minimum Gasteiger partial charge on any atom is -0.464 e. The van der Waals surface area contributed by atoms with E-state index in [2.05, 4.69) is 5.10 Å². The van der Waals surface area contributed by atoms with Crippen molar-refractivity contribution in [1.29, 1.82) is 0 Å². The van der Waals surface area contributed by atoms with Crippen LogP contribution in [0.1, 0.15) is 19.1 Å². The predicted molar refractivity (Wildman–Crippen MR) is 78.0 cm³/mol. The number of carbonyl (C=O) groups excluding carboxylic acids is 3. The molecule has 1 saturated heterocycles. The highest BCUT2D eigenvalue weighted by atomic mass is 16.6. The molecule has 0 saturated carbocycles. The van der Waals surface area contributed by atoms with Gasteiger partial charge in [0.05, 0.1) is 18.9 Å². The number of hydrogen-bond acceptors (Lipinski definition) is 8. The van der Waals surface area contributed by atoms with Gasteiger partial charge in [0.2, 0.25) is 0 Å². The SMILES string of the molecule is CCCOC(=O)CN1C(=O)CN(N=Cc2ccc([N+](=O)[O-])o2)C1=O. The van der Waals surface area contributed by atoms with E-state index in [9.17, 15) is 24.5 Å². The van der Waals surface area contributed by atoms with E-state index in [-0.39, 0.29) is 18.9 Å². The highest BCUT2D eigenvalue weighted by Gasteiger charge is 2.37. The number of carbonyl (C=O) groups is 3. The average molecular weight is 338 g/mol. The first-order valence-corrected chi connectivity index (χ1v) is 6.98. The second-order valence-corrected chi connectivity index (χ2v) is 4.72. The number of nitro groups is 1. The molecular weight excluding hydrogens is 324 g/mol. The molecule has 0 spiro atoms. The summed E-state index contributed by atoms with van der Waals surface area (Å²) < 4.78 is 9.66. The van der Waals surface area contributed by atoms with E-state index in [1.165, 1.54) is 6.07 Å². The number of rotatable bonds is 7. The van der Waals surface area contributed by atoms with Crippen molar-refractivity contribution < 1.29 is 28.5 Å². The number of hydrazone groups is 1. The first kappa shape index (κ1) is 17.1. The van der Waals surface area contributed by atoms with E-state index >= 15 is 0 Å². The summed E-state index contributed by atoms with van der Waals surface area (Å²) in [4.78, 5) is 45.8. The molecule has 0 N–H and O–H groups in total. The van der Waals surface area contributed by atoms with E-state index in [4.69, 9.17) is 9.15 Å². The van der Waals surface area contributed by atoms with Gasteiger partial charge in [0, 0.05) is 0 Å². The second kappa shape index (κ2) is 7.35. The quantitative estimate of drug-likeness (QED) is 0.235. The fraction of sp³-hybridized carbons (Fsp3) is 0.385. The molecule has 1 fully saturated rings. The summed E-state index contributed by atoms with van der Waals surface area (Å²) >= 11 is 0. The van der Waals surface area contributed by atoms with Gasteiger partial charge in [0.1, 0.15) is 18.0 Å². The molecule has 1 aromatic rings. The zero-order valence-corrected chi connectivity index (χ0v) is 12.7. The summed E-state index contributed by atoms with van der Waals surface area (Å²) in [5, 5.41) is 15.1. The molecule has 3 amide bonds. The van der Waals surface area contributed by atoms with Crippen molar-refractivity contribution in [3.8, 4) is 0 Å². The van der Waals surface area contributed by atoms with Crippen LogP contribution in [0.4, 0.5) is 10.7 Å². The topological polar surface area (TPSA) is 136 Å². The Hall–Kier alpha value is -3.24. The number of ether oxygens (including phenoxy) is 1. The molecule has 11 nitrogen and oxygen atoms in total. The number of imide groups is 1. The summed E-state index contributed by atoms with van der Waals surface area (Å²) in [5.74, 6) is -1.72. The van der Waals surface area contributed by atoms with Crippen LogP contribution in [-0.2, 0) is 14.3 Å². The highest BCUT2D eigenvalue weighted by molar-refractivity contribution is 6.04. The molecule has 1 aliphatic heterocycles. The lowest BCUT2D eigenvalue weighted by molar-refractivity contribution is -0.402. The summed E-state index contributed by atoms with van der Waals surface area (Å²) in [6.45, 7) is 1.18. The van der Waals surface area contributed by atoms with Crippen LogP contribution < -0.4 is 0 Å². The number of hydrogen-bond donors (Lipinski definition) is 0. The number of amides is 3. The fourth-order valence-corrected chi connectivity index (χ4v) is 1.80. The standard InChI is InChI=1S/C13H14N4O7/c1-2-5-23-12(19)8-15-10(18)7-16(13(15)20)14-6-9-3-4-11(24-9)17(21)22/h3-4,6H,2,5,7-8H2,1H3. The Morgan fingerprint density at radius 1 is 1.50 bits per heavy atom. The maximum atomic E-state index is 12.0. The summed E-state index contributed by atoms with van der Waals surface area (Å²) in [6, 6.07) is 1.64. The van der Waals surface area contributed by atoms with Crippen molar-refractivity contribution in [2.75, 3.05) is 19.7 Å². The lowest BCUT2D eigenvalue weighted by atomic mass is 10.5. The Balaban J connectivity index is 1.98. The van der Waals surface area contributed by atoms with Gasteiger partial charge in [-0.15, -0.1) is 0 Å². The van der Waals surface area contributed by atoms with Gasteiger partial charge in [0.15, 0.2) is 5.76 Å². The van der Waals surface area contributed by atoms with Gasteiger partial charge in [-0.25, -0.2) is 14.7 Å². The van der Waals surface area contributed by atoms with Gasteiger partial charge in [-0.1, -0.05) is 6.92 Å². The van der Waals surface area contributed by atoms with E-state index < -0.39 is 35.3 Å². The molecule has 0 aliphatic carbocycles. The highest BCUT2D eigenvalue weighted by Crippen LogP contribution is 2.15. The van der Waals surface area contributed by atoms with Crippen LogP contribution in [0.5, 0.6) is 0 Å². The number of nitrogens with zero attached hydrogens (tertiary/aromatic N) is 4. The fourth-order valence-electron chi connectivity index (χ4n) is 1.80.